The van der Waals surface area contributed by atoms with Gasteiger partial charge in [0.1, 0.15) is 5.69 Å². The number of carbonyl (C=O) groups is 2. The fourth-order valence-corrected chi connectivity index (χ4v) is 1.88. The van der Waals surface area contributed by atoms with Gasteiger partial charge in [0, 0.05) is 32.4 Å². The Hall–Kier alpha value is -1.89. The number of aromatic nitrogens is 2. The van der Waals surface area contributed by atoms with Crippen LogP contribution in [0.3, 0.4) is 0 Å². The summed E-state index contributed by atoms with van der Waals surface area (Å²) in [5.41, 5.74) is 5.79. The van der Waals surface area contributed by atoms with Gasteiger partial charge in [-0.05, 0) is 6.42 Å². The van der Waals surface area contributed by atoms with Gasteiger partial charge in [-0.25, -0.2) is 4.98 Å². The van der Waals surface area contributed by atoms with Crippen molar-refractivity contribution in [1.82, 2.24) is 19.8 Å². The molecule has 1 aromatic rings. The molecule has 1 aliphatic heterocycles. The van der Waals surface area contributed by atoms with Crippen molar-refractivity contribution in [2.75, 3.05) is 26.2 Å². The van der Waals surface area contributed by atoms with E-state index >= 15 is 0 Å². The molecule has 7 nitrogen and oxygen atoms in total. The average Bonchev–Trinajstić information content (AvgIpc) is 2.70. The van der Waals surface area contributed by atoms with E-state index in [9.17, 15) is 9.59 Å². The van der Waals surface area contributed by atoms with Gasteiger partial charge in [0.15, 0.2) is 0 Å². The summed E-state index contributed by atoms with van der Waals surface area (Å²) in [5, 5.41) is 2.73. The molecule has 98 valence electrons. The van der Waals surface area contributed by atoms with Crippen molar-refractivity contribution in [1.29, 1.82) is 0 Å². The first kappa shape index (κ1) is 12.6. The fourth-order valence-electron chi connectivity index (χ4n) is 1.88. The monoisotopic (exact) mass is 251 g/mol. The third kappa shape index (κ3) is 2.86. The highest BCUT2D eigenvalue weighted by atomic mass is 16.2. The Kier molecular flexibility index (Phi) is 3.93. The van der Waals surface area contributed by atoms with E-state index in [2.05, 4.69) is 10.3 Å². The lowest BCUT2D eigenvalue weighted by Gasteiger charge is -2.17. The molecule has 1 aliphatic rings. The standard InChI is InChI=1S/C11H17N5O2/c12-2-5-15-6-9(14-8-15)11(18)16-4-1-3-13-10(17)7-16/h6,8H,1-5,7,12H2,(H,13,17). The second-order valence-corrected chi connectivity index (χ2v) is 4.22. The van der Waals surface area contributed by atoms with E-state index in [1.807, 2.05) is 0 Å². The molecule has 0 saturated carbocycles. The Morgan fingerprint density at radius 2 is 2.39 bits per heavy atom. The van der Waals surface area contributed by atoms with Crippen LogP contribution in [0.5, 0.6) is 0 Å². The van der Waals surface area contributed by atoms with Gasteiger partial charge in [-0.1, -0.05) is 0 Å². The SMILES string of the molecule is NCCn1cnc(C(=O)N2CCCNC(=O)C2)c1. The van der Waals surface area contributed by atoms with Gasteiger partial charge in [-0.3, -0.25) is 9.59 Å². The molecule has 0 spiro atoms. The molecule has 7 heteroatoms. The molecule has 0 aliphatic carbocycles. The van der Waals surface area contributed by atoms with Crippen molar-refractivity contribution in [2.24, 2.45) is 5.73 Å². The first-order valence-corrected chi connectivity index (χ1v) is 5.98. The van der Waals surface area contributed by atoms with Gasteiger partial charge in [-0.15, -0.1) is 0 Å². The molecule has 0 bridgehead atoms. The quantitative estimate of drug-likeness (QED) is 0.706. The fraction of sp³-hybridized carbons (Fsp3) is 0.545. The molecule has 0 atom stereocenters. The molecular weight excluding hydrogens is 234 g/mol. The molecule has 0 unspecified atom stereocenters. The highest BCUT2D eigenvalue weighted by Crippen LogP contribution is 2.05. The van der Waals surface area contributed by atoms with E-state index in [0.717, 1.165) is 6.42 Å². The highest BCUT2D eigenvalue weighted by Gasteiger charge is 2.22. The maximum absolute atomic E-state index is 12.2. The molecule has 1 aromatic heterocycles. The van der Waals surface area contributed by atoms with Crippen LogP contribution < -0.4 is 11.1 Å². The molecule has 3 N–H and O–H groups in total. The Labute approximate surface area is 105 Å². The lowest BCUT2D eigenvalue weighted by molar-refractivity contribution is -0.121. The number of imidazole rings is 1. The Morgan fingerprint density at radius 1 is 1.56 bits per heavy atom. The van der Waals surface area contributed by atoms with Crippen LogP contribution in [0.1, 0.15) is 16.9 Å². The Bertz CT molecular complexity index is 442. The van der Waals surface area contributed by atoms with Crippen molar-refractivity contribution in [3.8, 4) is 0 Å². The summed E-state index contributed by atoms with van der Waals surface area (Å²) in [6.45, 7) is 2.41. The lowest BCUT2D eigenvalue weighted by Crippen LogP contribution is -2.37. The summed E-state index contributed by atoms with van der Waals surface area (Å²) in [4.78, 5) is 29.1. The minimum Gasteiger partial charge on any atom is -0.354 e. The van der Waals surface area contributed by atoms with Crippen LogP contribution in [0.25, 0.3) is 0 Å². The van der Waals surface area contributed by atoms with E-state index < -0.39 is 0 Å². The molecule has 2 heterocycles. The maximum Gasteiger partial charge on any atom is 0.274 e. The van der Waals surface area contributed by atoms with E-state index in [1.165, 1.54) is 4.90 Å². The predicted molar refractivity (Wildman–Crippen MR) is 64.8 cm³/mol. The van der Waals surface area contributed by atoms with Gasteiger partial charge >= 0.3 is 0 Å². The van der Waals surface area contributed by atoms with Crippen LogP contribution in [0, 0.1) is 0 Å². The average molecular weight is 251 g/mol. The van der Waals surface area contributed by atoms with E-state index in [1.54, 1.807) is 17.1 Å². The first-order valence-electron chi connectivity index (χ1n) is 5.98. The molecule has 18 heavy (non-hydrogen) atoms. The number of nitrogens with two attached hydrogens (primary N) is 1. The van der Waals surface area contributed by atoms with Crippen LogP contribution in [0.15, 0.2) is 12.5 Å². The molecule has 0 radical (unpaired) electrons. The largest absolute Gasteiger partial charge is 0.354 e. The highest BCUT2D eigenvalue weighted by molar-refractivity contribution is 5.94. The number of nitrogens with one attached hydrogen (secondary N) is 1. The molecule has 2 rings (SSSR count). The predicted octanol–water partition coefficient (Wildman–Crippen LogP) is -1.20. The maximum atomic E-state index is 12.2. The molecular formula is C11H17N5O2. The summed E-state index contributed by atoms with van der Waals surface area (Å²) in [7, 11) is 0. The van der Waals surface area contributed by atoms with Gasteiger partial charge in [0.05, 0.1) is 12.9 Å². The molecule has 1 fully saturated rings. The smallest absolute Gasteiger partial charge is 0.274 e. The van der Waals surface area contributed by atoms with Crippen LogP contribution >= 0.6 is 0 Å². The normalized spacial score (nSPS) is 16.3. The first-order chi connectivity index (χ1) is 8.70. The molecule has 1 saturated heterocycles. The topological polar surface area (TPSA) is 93.2 Å². The van der Waals surface area contributed by atoms with Crippen LogP contribution in [-0.2, 0) is 11.3 Å². The summed E-state index contributed by atoms with van der Waals surface area (Å²) in [6.07, 6.45) is 4.01. The number of carbonyl (C=O) groups excluding carboxylic acids is 2. The zero-order chi connectivity index (χ0) is 13.0. The zero-order valence-electron chi connectivity index (χ0n) is 10.1. The van der Waals surface area contributed by atoms with E-state index in [-0.39, 0.29) is 18.4 Å². The summed E-state index contributed by atoms with van der Waals surface area (Å²) >= 11 is 0. The molecule has 2 amide bonds. The van der Waals surface area contributed by atoms with Gasteiger partial charge in [-0.2, -0.15) is 0 Å². The van der Waals surface area contributed by atoms with Crippen molar-refractivity contribution in [3.63, 3.8) is 0 Å². The van der Waals surface area contributed by atoms with Crippen molar-refractivity contribution in [3.05, 3.63) is 18.2 Å². The Morgan fingerprint density at radius 3 is 3.17 bits per heavy atom. The summed E-state index contributed by atoms with van der Waals surface area (Å²) in [6, 6.07) is 0. The minimum absolute atomic E-state index is 0.0998. The Balaban J connectivity index is 2.06. The van der Waals surface area contributed by atoms with Crippen LogP contribution in [0.4, 0.5) is 0 Å². The van der Waals surface area contributed by atoms with Gasteiger partial charge < -0.3 is 20.5 Å². The minimum atomic E-state index is -0.206. The van der Waals surface area contributed by atoms with Crippen molar-refractivity contribution < 1.29 is 9.59 Å². The van der Waals surface area contributed by atoms with Gasteiger partial charge in [0.25, 0.3) is 5.91 Å². The third-order valence-corrected chi connectivity index (χ3v) is 2.79. The van der Waals surface area contributed by atoms with Crippen molar-refractivity contribution in [2.45, 2.75) is 13.0 Å². The van der Waals surface area contributed by atoms with Gasteiger partial charge in [0.2, 0.25) is 5.91 Å². The summed E-state index contributed by atoms with van der Waals surface area (Å²) in [5.74, 6) is -0.329. The third-order valence-electron chi connectivity index (χ3n) is 2.79. The van der Waals surface area contributed by atoms with Crippen molar-refractivity contribution >= 4 is 11.8 Å². The number of hydrogen-bond acceptors (Lipinski definition) is 4. The van der Waals surface area contributed by atoms with E-state index in [4.69, 9.17) is 5.73 Å². The van der Waals surface area contributed by atoms with Crippen LogP contribution in [0.2, 0.25) is 0 Å². The van der Waals surface area contributed by atoms with Crippen LogP contribution in [-0.4, -0.2) is 52.4 Å². The molecule has 0 aromatic carbocycles. The zero-order valence-corrected chi connectivity index (χ0v) is 10.1. The summed E-state index contributed by atoms with van der Waals surface area (Å²) < 4.78 is 1.77. The number of hydrogen-bond donors (Lipinski definition) is 2. The second-order valence-electron chi connectivity index (χ2n) is 4.22. The number of nitrogens with zero attached hydrogens (tertiary/aromatic N) is 3. The van der Waals surface area contributed by atoms with E-state index in [0.29, 0.717) is 31.9 Å². The number of rotatable bonds is 3. The second kappa shape index (κ2) is 5.63. The lowest BCUT2D eigenvalue weighted by atomic mass is 10.3. The number of amides is 2.